The highest BCUT2D eigenvalue weighted by Crippen LogP contribution is 2.27. The summed E-state index contributed by atoms with van der Waals surface area (Å²) in [7, 11) is 0. The summed E-state index contributed by atoms with van der Waals surface area (Å²) in [5.74, 6) is 0. The highest BCUT2D eigenvalue weighted by atomic mass is 32.1. The molecule has 2 heterocycles. The summed E-state index contributed by atoms with van der Waals surface area (Å²) in [6.45, 7) is 5.85. The molecule has 0 saturated carbocycles. The van der Waals surface area contributed by atoms with E-state index < -0.39 is 0 Å². The molecule has 0 aromatic carbocycles. The van der Waals surface area contributed by atoms with Gasteiger partial charge in [0.15, 0.2) is 0 Å². The smallest absolute Gasteiger partial charge is 0.121 e. The van der Waals surface area contributed by atoms with E-state index in [9.17, 15) is 0 Å². The predicted octanol–water partition coefficient (Wildman–Crippen LogP) is 2.27. The SMILES string of the molecule is CCCn1nc(C)c2cc(CN)sc21. The average molecular weight is 209 g/mol. The average Bonchev–Trinajstić information content (AvgIpc) is 2.69. The molecule has 0 fully saturated rings. The third-order valence-electron chi connectivity index (χ3n) is 2.30. The number of thiophene rings is 1. The molecule has 3 nitrogen and oxygen atoms in total. The number of hydrogen-bond acceptors (Lipinski definition) is 3. The summed E-state index contributed by atoms with van der Waals surface area (Å²) < 4.78 is 2.09. The second kappa shape index (κ2) is 3.71. The molecule has 76 valence electrons. The molecule has 4 heteroatoms. The van der Waals surface area contributed by atoms with Crippen LogP contribution in [0.5, 0.6) is 0 Å². The number of aromatic nitrogens is 2. The van der Waals surface area contributed by atoms with Gasteiger partial charge in [-0.1, -0.05) is 6.92 Å². The van der Waals surface area contributed by atoms with Crippen molar-refractivity contribution in [2.75, 3.05) is 0 Å². The van der Waals surface area contributed by atoms with Crippen molar-refractivity contribution < 1.29 is 0 Å². The van der Waals surface area contributed by atoms with Gasteiger partial charge in [-0.2, -0.15) is 5.10 Å². The molecule has 0 aliphatic rings. The first-order chi connectivity index (χ1) is 6.76. The number of nitrogens with zero attached hydrogens (tertiary/aromatic N) is 2. The van der Waals surface area contributed by atoms with Crippen molar-refractivity contribution in [2.24, 2.45) is 5.73 Å². The monoisotopic (exact) mass is 209 g/mol. The van der Waals surface area contributed by atoms with Gasteiger partial charge in [-0.05, 0) is 19.4 Å². The lowest BCUT2D eigenvalue weighted by molar-refractivity contribution is 0.620. The molecule has 2 rings (SSSR count). The van der Waals surface area contributed by atoms with Crippen LogP contribution >= 0.6 is 11.3 Å². The molecule has 0 aliphatic carbocycles. The van der Waals surface area contributed by atoms with Crippen molar-refractivity contribution >= 4 is 21.6 Å². The zero-order chi connectivity index (χ0) is 10.1. The van der Waals surface area contributed by atoms with E-state index in [4.69, 9.17) is 5.73 Å². The fraction of sp³-hybridized carbons (Fsp3) is 0.500. The Bertz CT molecular complexity index is 441. The minimum atomic E-state index is 0.630. The van der Waals surface area contributed by atoms with E-state index in [-0.39, 0.29) is 0 Å². The van der Waals surface area contributed by atoms with E-state index in [0.29, 0.717) is 6.54 Å². The first-order valence-corrected chi connectivity index (χ1v) is 5.73. The Hall–Kier alpha value is -0.870. The van der Waals surface area contributed by atoms with Crippen LogP contribution in [0.4, 0.5) is 0 Å². The highest BCUT2D eigenvalue weighted by Gasteiger charge is 2.10. The molecule has 0 saturated heterocycles. The number of aryl methyl sites for hydroxylation is 2. The zero-order valence-electron chi connectivity index (χ0n) is 8.58. The molecule has 14 heavy (non-hydrogen) atoms. The number of nitrogens with two attached hydrogens (primary N) is 1. The zero-order valence-corrected chi connectivity index (χ0v) is 9.40. The highest BCUT2D eigenvalue weighted by molar-refractivity contribution is 7.18. The van der Waals surface area contributed by atoms with Gasteiger partial charge in [-0.25, -0.2) is 0 Å². The summed E-state index contributed by atoms with van der Waals surface area (Å²) in [6, 6.07) is 2.16. The van der Waals surface area contributed by atoms with Crippen LogP contribution in [0.1, 0.15) is 23.9 Å². The number of hydrogen-bond donors (Lipinski definition) is 1. The molecular formula is C10H15N3S. The van der Waals surface area contributed by atoms with Crippen LogP contribution < -0.4 is 5.73 Å². The van der Waals surface area contributed by atoms with Gasteiger partial charge in [0.2, 0.25) is 0 Å². The van der Waals surface area contributed by atoms with Gasteiger partial charge in [0.1, 0.15) is 4.83 Å². The Kier molecular flexibility index (Phi) is 2.56. The fourth-order valence-corrected chi connectivity index (χ4v) is 2.69. The third-order valence-corrected chi connectivity index (χ3v) is 3.47. The summed E-state index contributed by atoms with van der Waals surface area (Å²) in [4.78, 5) is 2.51. The molecule has 0 spiro atoms. The lowest BCUT2D eigenvalue weighted by Crippen LogP contribution is -1.98. The summed E-state index contributed by atoms with van der Waals surface area (Å²) in [5, 5.41) is 5.77. The standard InChI is InChI=1S/C10H15N3S/c1-3-4-13-10-9(7(2)12-13)5-8(6-11)14-10/h5H,3-4,6,11H2,1-2H3. The van der Waals surface area contributed by atoms with Gasteiger partial charge >= 0.3 is 0 Å². The fourth-order valence-electron chi connectivity index (χ4n) is 1.63. The van der Waals surface area contributed by atoms with Crippen molar-refractivity contribution in [1.29, 1.82) is 0 Å². The first kappa shape index (κ1) is 9.68. The molecule has 0 aliphatic heterocycles. The van der Waals surface area contributed by atoms with Crippen LogP contribution in [0, 0.1) is 6.92 Å². The van der Waals surface area contributed by atoms with Gasteiger partial charge in [0.25, 0.3) is 0 Å². The van der Waals surface area contributed by atoms with E-state index in [1.807, 2.05) is 0 Å². The first-order valence-electron chi connectivity index (χ1n) is 4.92. The maximum Gasteiger partial charge on any atom is 0.121 e. The lowest BCUT2D eigenvalue weighted by atomic mass is 10.3. The molecule has 2 aromatic rings. The van der Waals surface area contributed by atoms with Gasteiger partial charge < -0.3 is 5.73 Å². The van der Waals surface area contributed by atoms with E-state index >= 15 is 0 Å². The van der Waals surface area contributed by atoms with Crippen LogP contribution in [0.2, 0.25) is 0 Å². The van der Waals surface area contributed by atoms with Crippen molar-refractivity contribution in [3.8, 4) is 0 Å². The van der Waals surface area contributed by atoms with Gasteiger partial charge in [0, 0.05) is 23.4 Å². The Morgan fingerprint density at radius 1 is 1.57 bits per heavy atom. The largest absolute Gasteiger partial charge is 0.326 e. The number of rotatable bonds is 3. The lowest BCUT2D eigenvalue weighted by Gasteiger charge is -1.97. The minimum Gasteiger partial charge on any atom is -0.326 e. The maximum atomic E-state index is 5.63. The normalized spacial score (nSPS) is 11.4. The molecule has 0 radical (unpaired) electrons. The van der Waals surface area contributed by atoms with Crippen LogP contribution in [-0.4, -0.2) is 9.78 Å². The van der Waals surface area contributed by atoms with E-state index in [2.05, 4.69) is 29.7 Å². The van der Waals surface area contributed by atoms with Gasteiger partial charge in [-0.3, -0.25) is 4.68 Å². The maximum absolute atomic E-state index is 5.63. The van der Waals surface area contributed by atoms with Crippen LogP contribution in [0.15, 0.2) is 6.07 Å². The molecule has 0 unspecified atom stereocenters. The Morgan fingerprint density at radius 3 is 3.00 bits per heavy atom. The molecule has 0 atom stereocenters. The minimum absolute atomic E-state index is 0.630. The topological polar surface area (TPSA) is 43.8 Å². The summed E-state index contributed by atoms with van der Waals surface area (Å²) in [5.41, 5.74) is 6.74. The Balaban J connectivity index is 2.55. The quantitative estimate of drug-likeness (QED) is 0.842. The van der Waals surface area contributed by atoms with Crippen LogP contribution in [0.25, 0.3) is 10.2 Å². The van der Waals surface area contributed by atoms with Crippen molar-refractivity contribution in [3.63, 3.8) is 0 Å². The van der Waals surface area contributed by atoms with Crippen molar-refractivity contribution in [2.45, 2.75) is 33.4 Å². The van der Waals surface area contributed by atoms with Crippen molar-refractivity contribution in [3.05, 3.63) is 16.6 Å². The second-order valence-electron chi connectivity index (χ2n) is 3.44. The molecule has 0 amide bonds. The summed E-state index contributed by atoms with van der Waals surface area (Å²) >= 11 is 1.76. The summed E-state index contributed by atoms with van der Waals surface area (Å²) in [6.07, 6.45) is 1.12. The number of fused-ring (bicyclic) bond motifs is 1. The van der Waals surface area contributed by atoms with E-state index in [1.54, 1.807) is 11.3 Å². The third kappa shape index (κ3) is 1.44. The van der Waals surface area contributed by atoms with Gasteiger partial charge in [-0.15, -0.1) is 11.3 Å². The molecular weight excluding hydrogens is 194 g/mol. The molecule has 2 N–H and O–H groups in total. The Morgan fingerprint density at radius 2 is 2.36 bits per heavy atom. The van der Waals surface area contributed by atoms with Gasteiger partial charge in [0.05, 0.1) is 5.69 Å². The van der Waals surface area contributed by atoms with Crippen molar-refractivity contribution in [1.82, 2.24) is 9.78 Å². The van der Waals surface area contributed by atoms with E-state index in [1.165, 1.54) is 15.1 Å². The molecule has 2 aromatic heterocycles. The second-order valence-corrected chi connectivity index (χ2v) is 4.56. The van der Waals surface area contributed by atoms with Crippen LogP contribution in [-0.2, 0) is 13.1 Å². The Labute approximate surface area is 87.5 Å². The van der Waals surface area contributed by atoms with Crippen LogP contribution in [0.3, 0.4) is 0 Å². The van der Waals surface area contributed by atoms with E-state index in [0.717, 1.165) is 18.7 Å². The predicted molar refractivity (Wildman–Crippen MR) is 60.5 cm³/mol. The molecule has 0 bridgehead atoms.